The van der Waals surface area contributed by atoms with Gasteiger partial charge in [0.1, 0.15) is 5.69 Å². The van der Waals surface area contributed by atoms with Crippen LogP contribution in [0.4, 0.5) is 8.78 Å². The molecule has 6 heteroatoms. The van der Waals surface area contributed by atoms with E-state index in [0.29, 0.717) is 12.2 Å². The summed E-state index contributed by atoms with van der Waals surface area (Å²) >= 11 is 0. The highest BCUT2D eigenvalue weighted by Gasteiger charge is 2.16. The number of hydrogen-bond acceptors (Lipinski definition) is 3. The molecular weight excluding hydrogens is 240 g/mol. The Hall–Kier alpha value is -1.95. The SMILES string of the molecule is COc1cc(C(F)F)nn1-c1ccc(CN)cc1. The van der Waals surface area contributed by atoms with E-state index in [2.05, 4.69) is 5.10 Å². The van der Waals surface area contributed by atoms with Crippen molar-refractivity contribution in [1.82, 2.24) is 9.78 Å². The molecule has 2 aromatic rings. The predicted molar refractivity (Wildman–Crippen MR) is 63.0 cm³/mol. The Bertz CT molecular complexity index is 523. The van der Waals surface area contributed by atoms with Crippen LogP contribution in [0.5, 0.6) is 5.88 Å². The Balaban J connectivity index is 2.41. The first-order valence-corrected chi connectivity index (χ1v) is 5.37. The van der Waals surface area contributed by atoms with Crippen molar-refractivity contribution in [3.63, 3.8) is 0 Å². The minimum absolute atomic E-state index is 0.269. The van der Waals surface area contributed by atoms with Crippen molar-refractivity contribution in [2.75, 3.05) is 7.11 Å². The normalized spacial score (nSPS) is 10.9. The zero-order valence-corrected chi connectivity index (χ0v) is 9.81. The zero-order chi connectivity index (χ0) is 13.1. The van der Waals surface area contributed by atoms with Gasteiger partial charge in [-0.25, -0.2) is 13.5 Å². The van der Waals surface area contributed by atoms with Gasteiger partial charge in [-0.05, 0) is 17.7 Å². The van der Waals surface area contributed by atoms with Crippen LogP contribution >= 0.6 is 0 Å². The van der Waals surface area contributed by atoms with Gasteiger partial charge in [0.25, 0.3) is 6.43 Å². The van der Waals surface area contributed by atoms with E-state index >= 15 is 0 Å². The van der Waals surface area contributed by atoms with Crippen molar-refractivity contribution in [2.45, 2.75) is 13.0 Å². The maximum absolute atomic E-state index is 12.6. The molecule has 1 heterocycles. The van der Waals surface area contributed by atoms with Crippen molar-refractivity contribution in [3.8, 4) is 11.6 Å². The molecule has 4 nitrogen and oxygen atoms in total. The third-order valence-corrected chi connectivity index (χ3v) is 2.54. The minimum Gasteiger partial charge on any atom is -0.481 e. The van der Waals surface area contributed by atoms with Crippen LogP contribution in [-0.2, 0) is 6.54 Å². The van der Waals surface area contributed by atoms with E-state index in [4.69, 9.17) is 10.5 Å². The van der Waals surface area contributed by atoms with Gasteiger partial charge in [-0.3, -0.25) is 0 Å². The van der Waals surface area contributed by atoms with E-state index in [1.165, 1.54) is 17.9 Å². The van der Waals surface area contributed by atoms with Crippen molar-refractivity contribution in [1.29, 1.82) is 0 Å². The number of ether oxygens (including phenoxy) is 1. The Morgan fingerprint density at radius 3 is 2.50 bits per heavy atom. The average molecular weight is 253 g/mol. The van der Waals surface area contributed by atoms with Gasteiger partial charge in [-0.1, -0.05) is 12.1 Å². The molecule has 0 spiro atoms. The number of alkyl halides is 2. The summed E-state index contributed by atoms with van der Waals surface area (Å²) in [5.74, 6) is 0.269. The van der Waals surface area contributed by atoms with Crippen molar-refractivity contribution in [2.24, 2.45) is 5.73 Å². The molecule has 18 heavy (non-hydrogen) atoms. The molecule has 0 aliphatic carbocycles. The number of methoxy groups -OCH3 is 1. The Labute approximate surface area is 103 Å². The Morgan fingerprint density at radius 2 is 2.00 bits per heavy atom. The van der Waals surface area contributed by atoms with Crippen LogP contribution in [0.25, 0.3) is 5.69 Å². The van der Waals surface area contributed by atoms with Crippen LogP contribution in [0.3, 0.4) is 0 Å². The molecule has 0 unspecified atom stereocenters. The second-order valence-corrected chi connectivity index (χ2v) is 3.69. The quantitative estimate of drug-likeness (QED) is 0.909. The molecule has 2 rings (SSSR count). The molecule has 0 aliphatic rings. The first-order valence-electron chi connectivity index (χ1n) is 5.37. The fourth-order valence-electron chi connectivity index (χ4n) is 1.59. The second kappa shape index (κ2) is 5.14. The number of nitrogens with zero attached hydrogens (tertiary/aromatic N) is 2. The number of hydrogen-bond donors (Lipinski definition) is 1. The fourth-order valence-corrected chi connectivity index (χ4v) is 1.59. The van der Waals surface area contributed by atoms with Gasteiger partial charge in [-0.2, -0.15) is 5.10 Å². The molecule has 1 aromatic carbocycles. The van der Waals surface area contributed by atoms with E-state index in [1.807, 2.05) is 12.1 Å². The van der Waals surface area contributed by atoms with E-state index < -0.39 is 6.43 Å². The van der Waals surface area contributed by atoms with Gasteiger partial charge in [0.05, 0.1) is 12.8 Å². The Morgan fingerprint density at radius 1 is 1.33 bits per heavy atom. The molecule has 1 aromatic heterocycles. The number of halogens is 2. The highest BCUT2D eigenvalue weighted by Crippen LogP contribution is 2.25. The topological polar surface area (TPSA) is 53.1 Å². The van der Waals surface area contributed by atoms with Crippen molar-refractivity contribution >= 4 is 0 Å². The summed E-state index contributed by atoms with van der Waals surface area (Å²) in [6.07, 6.45) is -2.62. The van der Waals surface area contributed by atoms with E-state index in [0.717, 1.165) is 5.56 Å². The van der Waals surface area contributed by atoms with Gasteiger partial charge in [0.15, 0.2) is 0 Å². The number of aromatic nitrogens is 2. The lowest BCUT2D eigenvalue weighted by atomic mass is 10.2. The number of nitrogens with two attached hydrogens (primary N) is 1. The number of benzene rings is 1. The summed E-state index contributed by atoms with van der Waals surface area (Å²) in [5.41, 5.74) is 6.79. The molecule has 0 atom stereocenters. The molecule has 0 fully saturated rings. The fraction of sp³-hybridized carbons (Fsp3) is 0.250. The second-order valence-electron chi connectivity index (χ2n) is 3.69. The summed E-state index contributed by atoms with van der Waals surface area (Å²) in [6, 6.07) is 8.37. The molecule has 0 saturated carbocycles. The lowest BCUT2D eigenvalue weighted by molar-refractivity contribution is 0.145. The molecule has 96 valence electrons. The van der Waals surface area contributed by atoms with Crippen LogP contribution in [0.15, 0.2) is 30.3 Å². The van der Waals surface area contributed by atoms with Gasteiger partial charge >= 0.3 is 0 Å². The maximum atomic E-state index is 12.6. The van der Waals surface area contributed by atoms with Gasteiger partial charge in [0, 0.05) is 12.6 Å². The summed E-state index contributed by atoms with van der Waals surface area (Å²) < 4.78 is 31.5. The van der Waals surface area contributed by atoms with Gasteiger partial charge < -0.3 is 10.5 Å². The van der Waals surface area contributed by atoms with Gasteiger partial charge in [-0.15, -0.1) is 0 Å². The van der Waals surface area contributed by atoms with Crippen LogP contribution in [0.1, 0.15) is 17.7 Å². The zero-order valence-electron chi connectivity index (χ0n) is 9.81. The molecular formula is C12H13F2N3O. The monoisotopic (exact) mass is 253 g/mol. The van der Waals surface area contributed by atoms with Crippen molar-refractivity contribution in [3.05, 3.63) is 41.6 Å². The summed E-state index contributed by atoms with van der Waals surface area (Å²) in [5, 5.41) is 3.82. The van der Waals surface area contributed by atoms with E-state index in [1.54, 1.807) is 12.1 Å². The first-order chi connectivity index (χ1) is 8.65. The lowest BCUT2D eigenvalue weighted by Gasteiger charge is -2.06. The van der Waals surface area contributed by atoms with Gasteiger partial charge in [0.2, 0.25) is 5.88 Å². The molecule has 0 saturated heterocycles. The Kier molecular flexibility index (Phi) is 3.57. The molecule has 0 aliphatic heterocycles. The number of rotatable bonds is 4. The lowest BCUT2D eigenvalue weighted by Crippen LogP contribution is -2.01. The molecule has 0 amide bonds. The van der Waals surface area contributed by atoms with Crippen LogP contribution in [-0.4, -0.2) is 16.9 Å². The maximum Gasteiger partial charge on any atom is 0.282 e. The summed E-state index contributed by atoms with van der Waals surface area (Å²) in [6.45, 7) is 0.429. The molecule has 0 bridgehead atoms. The van der Waals surface area contributed by atoms with E-state index in [-0.39, 0.29) is 11.6 Å². The smallest absolute Gasteiger partial charge is 0.282 e. The largest absolute Gasteiger partial charge is 0.481 e. The third-order valence-electron chi connectivity index (χ3n) is 2.54. The summed E-state index contributed by atoms with van der Waals surface area (Å²) in [7, 11) is 1.41. The highest BCUT2D eigenvalue weighted by atomic mass is 19.3. The van der Waals surface area contributed by atoms with E-state index in [9.17, 15) is 8.78 Å². The minimum atomic E-state index is -2.62. The third kappa shape index (κ3) is 2.33. The molecule has 0 radical (unpaired) electrons. The highest BCUT2D eigenvalue weighted by molar-refractivity contribution is 5.38. The average Bonchev–Trinajstić information content (AvgIpc) is 2.83. The molecule has 2 N–H and O–H groups in total. The standard InChI is InChI=1S/C12H13F2N3O/c1-18-11-6-10(12(13)14)16-17(11)9-4-2-8(7-15)3-5-9/h2-6,12H,7,15H2,1H3. The van der Waals surface area contributed by atoms with Crippen LogP contribution in [0.2, 0.25) is 0 Å². The first kappa shape index (κ1) is 12.5. The summed E-state index contributed by atoms with van der Waals surface area (Å²) in [4.78, 5) is 0. The predicted octanol–water partition coefficient (Wildman–Crippen LogP) is 2.28. The van der Waals surface area contributed by atoms with Crippen LogP contribution in [0, 0.1) is 0 Å². The van der Waals surface area contributed by atoms with Crippen LogP contribution < -0.4 is 10.5 Å². The van der Waals surface area contributed by atoms with Crippen molar-refractivity contribution < 1.29 is 13.5 Å².